The van der Waals surface area contributed by atoms with Crippen LogP contribution in [0.4, 0.5) is 15.8 Å². The first kappa shape index (κ1) is 15.4. The highest BCUT2D eigenvalue weighted by Gasteiger charge is 2.21. The van der Waals surface area contributed by atoms with Crippen molar-refractivity contribution < 1.29 is 9.18 Å². The first-order valence-corrected chi connectivity index (χ1v) is 6.44. The second kappa shape index (κ2) is 6.52. The van der Waals surface area contributed by atoms with Gasteiger partial charge < -0.3 is 11.1 Å². The van der Waals surface area contributed by atoms with Crippen molar-refractivity contribution in [3.05, 3.63) is 24.0 Å². The smallest absolute Gasteiger partial charge is 0.241 e. The number of carbonyl (C=O) groups excluding carboxylic acids is 1. The van der Waals surface area contributed by atoms with Crippen LogP contribution >= 0.6 is 0 Å². The van der Waals surface area contributed by atoms with Gasteiger partial charge in [-0.05, 0) is 45.5 Å². The highest BCUT2D eigenvalue weighted by molar-refractivity contribution is 5.97. The van der Waals surface area contributed by atoms with E-state index in [1.54, 1.807) is 0 Å². The number of nitrogens with one attached hydrogen (secondary N) is 1. The Labute approximate surface area is 113 Å². The molecule has 0 saturated carbocycles. The van der Waals surface area contributed by atoms with Crippen LogP contribution in [0.1, 0.15) is 27.2 Å². The minimum Gasteiger partial charge on any atom is -0.397 e. The molecule has 0 aliphatic heterocycles. The van der Waals surface area contributed by atoms with Gasteiger partial charge in [0.15, 0.2) is 0 Å². The molecule has 3 N–H and O–H groups in total. The molecule has 1 aromatic carbocycles. The SMILES string of the molecule is CCC(C)N(C)C(C)C(=O)Nc1ccc(F)cc1N. The van der Waals surface area contributed by atoms with Gasteiger partial charge in [-0.2, -0.15) is 0 Å². The van der Waals surface area contributed by atoms with Crippen LogP contribution in [0.25, 0.3) is 0 Å². The van der Waals surface area contributed by atoms with Gasteiger partial charge in [0.05, 0.1) is 17.4 Å². The van der Waals surface area contributed by atoms with Gasteiger partial charge >= 0.3 is 0 Å². The van der Waals surface area contributed by atoms with Gasteiger partial charge in [0.1, 0.15) is 5.82 Å². The van der Waals surface area contributed by atoms with Crippen molar-refractivity contribution in [1.29, 1.82) is 0 Å². The zero-order valence-electron chi connectivity index (χ0n) is 11.9. The van der Waals surface area contributed by atoms with E-state index < -0.39 is 5.82 Å². The maximum Gasteiger partial charge on any atom is 0.241 e. The van der Waals surface area contributed by atoms with E-state index in [-0.39, 0.29) is 17.6 Å². The van der Waals surface area contributed by atoms with E-state index in [1.807, 2.05) is 18.9 Å². The van der Waals surface area contributed by atoms with E-state index in [0.29, 0.717) is 11.7 Å². The fourth-order valence-corrected chi connectivity index (χ4v) is 1.74. The van der Waals surface area contributed by atoms with Crippen LogP contribution in [0.15, 0.2) is 18.2 Å². The number of carbonyl (C=O) groups is 1. The molecular weight excluding hydrogens is 245 g/mol. The number of benzene rings is 1. The van der Waals surface area contributed by atoms with Crippen molar-refractivity contribution in [2.24, 2.45) is 0 Å². The molecule has 2 atom stereocenters. The Balaban J connectivity index is 2.74. The molecule has 0 aliphatic carbocycles. The maximum atomic E-state index is 12.9. The lowest BCUT2D eigenvalue weighted by molar-refractivity contribution is -0.120. The molecule has 0 aromatic heterocycles. The summed E-state index contributed by atoms with van der Waals surface area (Å²) in [5, 5.41) is 2.72. The van der Waals surface area contributed by atoms with Gasteiger partial charge in [0.25, 0.3) is 0 Å². The fourth-order valence-electron chi connectivity index (χ4n) is 1.74. The van der Waals surface area contributed by atoms with Crippen LogP contribution in [0.3, 0.4) is 0 Å². The Morgan fingerprint density at radius 1 is 1.47 bits per heavy atom. The third kappa shape index (κ3) is 3.92. The van der Waals surface area contributed by atoms with Crippen molar-refractivity contribution in [2.45, 2.75) is 39.3 Å². The summed E-state index contributed by atoms with van der Waals surface area (Å²) >= 11 is 0. The largest absolute Gasteiger partial charge is 0.397 e. The molecule has 0 heterocycles. The van der Waals surface area contributed by atoms with Gasteiger partial charge in [-0.25, -0.2) is 4.39 Å². The van der Waals surface area contributed by atoms with Gasteiger partial charge in [-0.15, -0.1) is 0 Å². The van der Waals surface area contributed by atoms with Crippen LogP contribution in [0.2, 0.25) is 0 Å². The van der Waals surface area contributed by atoms with Gasteiger partial charge in [0.2, 0.25) is 5.91 Å². The number of anilines is 2. The Bertz CT molecular complexity index is 450. The summed E-state index contributed by atoms with van der Waals surface area (Å²) in [6.07, 6.45) is 0.965. The summed E-state index contributed by atoms with van der Waals surface area (Å²) in [7, 11) is 1.91. The number of nitrogen functional groups attached to an aromatic ring is 1. The summed E-state index contributed by atoms with van der Waals surface area (Å²) in [5.74, 6) is -0.568. The molecule has 2 unspecified atom stereocenters. The predicted molar refractivity (Wildman–Crippen MR) is 76.4 cm³/mol. The molecule has 19 heavy (non-hydrogen) atoms. The lowest BCUT2D eigenvalue weighted by atomic mass is 10.1. The molecule has 0 bridgehead atoms. The molecule has 0 fully saturated rings. The lowest BCUT2D eigenvalue weighted by Gasteiger charge is -2.29. The Kier molecular flexibility index (Phi) is 5.30. The van der Waals surface area contributed by atoms with E-state index in [9.17, 15) is 9.18 Å². The van der Waals surface area contributed by atoms with Crippen molar-refractivity contribution in [2.75, 3.05) is 18.1 Å². The van der Waals surface area contributed by atoms with Crippen molar-refractivity contribution in [3.63, 3.8) is 0 Å². The molecule has 4 nitrogen and oxygen atoms in total. The van der Waals surface area contributed by atoms with Crippen LogP contribution in [-0.2, 0) is 4.79 Å². The Morgan fingerprint density at radius 3 is 2.63 bits per heavy atom. The first-order valence-electron chi connectivity index (χ1n) is 6.44. The average Bonchev–Trinajstić information content (AvgIpc) is 2.39. The lowest BCUT2D eigenvalue weighted by Crippen LogP contribution is -2.44. The minimum atomic E-state index is -0.416. The summed E-state index contributed by atoms with van der Waals surface area (Å²) < 4.78 is 12.9. The summed E-state index contributed by atoms with van der Waals surface area (Å²) in [5.41, 5.74) is 6.33. The first-order chi connectivity index (χ1) is 8.86. The number of nitrogens with two attached hydrogens (primary N) is 1. The highest BCUT2D eigenvalue weighted by Crippen LogP contribution is 2.19. The number of nitrogens with zero attached hydrogens (tertiary/aromatic N) is 1. The van der Waals surface area contributed by atoms with E-state index in [1.165, 1.54) is 18.2 Å². The number of halogens is 1. The topological polar surface area (TPSA) is 58.4 Å². The number of likely N-dealkylation sites (N-methyl/N-ethyl adjacent to an activating group) is 1. The monoisotopic (exact) mass is 267 g/mol. The van der Waals surface area contributed by atoms with Crippen molar-refractivity contribution in [1.82, 2.24) is 4.90 Å². The van der Waals surface area contributed by atoms with Crippen molar-refractivity contribution >= 4 is 17.3 Å². The van der Waals surface area contributed by atoms with Crippen LogP contribution < -0.4 is 11.1 Å². The Hall–Kier alpha value is -1.62. The number of rotatable bonds is 5. The number of amides is 1. The third-order valence-corrected chi connectivity index (χ3v) is 3.55. The van der Waals surface area contributed by atoms with E-state index in [2.05, 4.69) is 19.2 Å². The van der Waals surface area contributed by atoms with E-state index >= 15 is 0 Å². The second-order valence-electron chi connectivity index (χ2n) is 4.82. The van der Waals surface area contributed by atoms with Crippen LogP contribution in [-0.4, -0.2) is 29.9 Å². The summed E-state index contributed by atoms with van der Waals surface area (Å²) in [6.45, 7) is 5.97. The second-order valence-corrected chi connectivity index (χ2v) is 4.82. The molecule has 0 spiro atoms. The number of hydrogen-bond acceptors (Lipinski definition) is 3. The zero-order chi connectivity index (χ0) is 14.6. The van der Waals surface area contributed by atoms with Gasteiger partial charge in [-0.3, -0.25) is 9.69 Å². The molecule has 5 heteroatoms. The maximum absolute atomic E-state index is 12.9. The van der Waals surface area contributed by atoms with E-state index in [4.69, 9.17) is 5.73 Å². The van der Waals surface area contributed by atoms with Crippen LogP contribution in [0, 0.1) is 5.82 Å². The molecule has 0 radical (unpaired) electrons. The molecular formula is C14H22FN3O. The standard InChI is InChI=1S/C14H22FN3O/c1-5-9(2)18(4)10(3)14(19)17-13-7-6-11(15)8-12(13)16/h6-10H,5,16H2,1-4H3,(H,17,19). The minimum absolute atomic E-state index is 0.152. The molecule has 1 rings (SSSR count). The van der Waals surface area contributed by atoms with E-state index in [0.717, 1.165) is 6.42 Å². The van der Waals surface area contributed by atoms with Crippen LogP contribution in [0.5, 0.6) is 0 Å². The molecule has 106 valence electrons. The quantitative estimate of drug-likeness (QED) is 0.806. The van der Waals surface area contributed by atoms with Gasteiger partial charge in [0, 0.05) is 6.04 Å². The average molecular weight is 267 g/mol. The molecule has 0 saturated heterocycles. The summed E-state index contributed by atoms with van der Waals surface area (Å²) in [6, 6.07) is 3.97. The number of hydrogen-bond donors (Lipinski definition) is 2. The van der Waals surface area contributed by atoms with Crippen molar-refractivity contribution in [3.8, 4) is 0 Å². The fraction of sp³-hybridized carbons (Fsp3) is 0.500. The Morgan fingerprint density at radius 2 is 2.11 bits per heavy atom. The third-order valence-electron chi connectivity index (χ3n) is 3.55. The zero-order valence-corrected chi connectivity index (χ0v) is 11.9. The molecule has 1 amide bonds. The normalized spacial score (nSPS) is 14.2. The predicted octanol–water partition coefficient (Wildman–Crippen LogP) is 2.47. The molecule has 1 aromatic rings. The van der Waals surface area contributed by atoms with Gasteiger partial charge in [-0.1, -0.05) is 6.92 Å². The molecule has 0 aliphatic rings. The highest BCUT2D eigenvalue weighted by atomic mass is 19.1. The summed E-state index contributed by atoms with van der Waals surface area (Å²) in [4.78, 5) is 14.1.